The van der Waals surface area contributed by atoms with Gasteiger partial charge in [-0.05, 0) is 12.5 Å². The molecule has 19 heavy (non-hydrogen) atoms. The Morgan fingerprint density at radius 3 is 2.89 bits per heavy atom. The van der Waals surface area contributed by atoms with Gasteiger partial charge in [-0.2, -0.15) is 5.10 Å². The number of nitrogens with zero attached hydrogens (tertiary/aromatic N) is 2. The van der Waals surface area contributed by atoms with Gasteiger partial charge in [-0.15, -0.1) is 0 Å². The summed E-state index contributed by atoms with van der Waals surface area (Å²) < 4.78 is 7.16. The monoisotopic (exact) mass is 260 g/mol. The number of aromatic nitrogens is 2. The molecular weight excluding hydrogens is 240 g/mol. The third-order valence-corrected chi connectivity index (χ3v) is 3.07. The minimum atomic E-state index is 0.181. The highest BCUT2D eigenvalue weighted by atomic mass is 16.5. The lowest BCUT2D eigenvalue weighted by Gasteiger charge is -2.01. The first-order chi connectivity index (χ1) is 9.22. The van der Waals surface area contributed by atoms with Crippen LogP contribution in [-0.4, -0.2) is 28.8 Å². The average Bonchev–Trinajstić information content (AvgIpc) is 2.72. The normalized spacial score (nSPS) is 11.1. The molecule has 0 atom stereocenters. The zero-order valence-electron chi connectivity index (χ0n) is 11.6. The van der Waals surface area contributed by atoms with Gasteiger partial charge in [0.15, 0.2) is 0 Å². The van der Waals surface area contributed by atoms with Crippen molar-refractivity contribution in [3.63, 3.8) is 0 Å². The third-order valence-electron chi connectivity index (χ3n) is 3.07. The number of rotatable bonds is 7. The molecular formula is C15H20N2O2. The van der Waals surface area contributed by atoms with E-state index in [2.05, 4.69) is 12.0 Å². The summed E-state index contributed by atoms with van der Waals surface area (Å²) in [6.45, 7) is 3.29. The number of aryl methyl sites for hydroxylation is 1. The summed E-state index contributed by atoms with van der Waals surface area (Å²) in [6, 6.07) is 7.98. The summed E-state index contributed by atoms with van der Waals surface area (Å²) in [6.07, 6.45) is 1.83. The second-order valence-electron chi connectivity index (χ2n) is 4.67. The van der Waals surface area contributed by atoms with E-state index in [-0.39, 0.29) is 5.78 Å². The standard InChI is InChI=1S/C15H20N2O2/c1-3-9-19-10-8-12(18)11-14-13-6-4-5-7-15(13)17(2)16-14/h4-7H,3,8-11H2,1-2H3. The lowest BCUT2D eigenvalue weighted by atomic mass is 10.1. The van der Waals surface area contributed by atoms with Crippen molar-refractivity contribution in [1.82, 2.24) is 9.78 Å². The highest BCUT2D eigenvalue weighted by Gasteiger charge is 2.11. The van der Waals surface area contributed by atoms with Gasteiger partial charge in [0.05, 0.1) is 24.2 Å². The highest BCUT2D eigenvalue weighted by molar-refractivity contribution is 5.88. The van der Waals surface area contributed by atoms with Gasteiger partial charge < -0.3 is 4.74 Å². The van der Waals surface area contributed by atoms with Crippen LogP contribution in [0.2, 0.25) is 0 Å². The number of carbonyl (C=O) groups is 1. The molecule has 1 heterocycles. The molecule has 0 aliphatic carbocycles. The largest absolute Gasteiger partial charge is 0.381 e. The zero-order valence-corrected chi connectivity index (χ0v) is 11.6. The van der Waals surface area contributed by atoms with Crippen molar-refractivity contribution in [2.75, 3.05) is 13.2 Å². The smallest absolute Gasteiger partial charge is 0.141 e. The van der Waals surface area contributed by atoms with Gasteiger partial charge >= 0.3 is 0 Å². The Morgan fingerprint density at radius 2 is 2.11 bits per heavy atom. The van der Waals surface area contributed by atoms with Crippen molar-refractivity contribution in [2.24, 2.45) is 7.05 Å². The van der Waals surface area contributed by atoms with E-state index < -0.39 is 0 Å². The fourth-order valence-electron chi connectivity index (χ4n) is 2.13. The summed E-state index contributed by atoms with van der Waals surface area (Å²) in [5.74, 6) is 0.181. The molecule has 2 rings (SSSR count). The van der Waals surface area contributed by atoms with E-state index in [1.165, 1.54) is 0 Å². The highest BCUT2D eigenvalue weighted by Crippen LogP contribution is 2.18. The molecule has 0 unspecified atom stereocenters. The Morgan fingerprint density at radius 1 is 1.32 bits per heavy atom. The molecule has 0 amide bonds. The van der Waals surface area contributed by atoms with E-state index in [1.54, 1.807) is 0 Å². The summed E-state index contributed by atoms with van der Waals surface area (Å²) in [4.78, 5) is 11.9. The molecule has 0 radical (unpaired) electrons. The van der Waals surface area contributed by atoms with Gasteiger partial charge in [-0.25, -0.2) is 0 Å². The third kappa shape index (κ3) is 3.41. The number of carbonyl (C=O) groups excluding carboxylic acids is 1. The molecule has 0 saturated heterocycles. The maximum atomic E-state index is 11.9. The topological polar surface area (TPSA) is 44.1 Å². The maximum absolute atomic E-state index is 11.9. The van der Waals surface area contributed by atoms with E-state index in [4.69, 9.17) is 4.74 Å². The lowest BCUT2D eigenvalue weighted by molar-refractivity contribution is -0.119. The fourth-order valence-corrected chi connectivity index (χ4v) is 2.13. The van der Waals surface area contributed by atoms with E-state index in [0.717, 1.165) is 29.6 Å². The molecule has 0 aliphatic heterocycles. The van der Waals surface area contributed by atoms with Gasteiger partial charge in [0.1, 0.15) is 5.78 Å². The van der Waals surface area contributed by atoms with Gasteiger partial charge in [0, 0.05) is 25.5 Å². The van der Waals surface area contributed by atoms with Gasteiger partial charge in [0.25, 0.3) is 0 Å². The number of fused-ring (bicyclic) bond motifs is 1. The quantitative estimate of drug-likeness (QED) is 0.718. The van der Waals surface area contributed by atoms with Crippen LogP contribution in [0.15, 0.2) is 24.3 Å². The molecule has 0 saturated carbocycles. The van der Waals surface area contributed by atoms with Crippen molar-refractivity contribution >= 4 is 16.7 Å². The number of ether oxygens (including phenoxy) is 1. The maximum Gasteiger partial charge on any atom is 0.141 e. The summed E-state index contributed by atoms with van der Waals surface area (Å²) >= 11 is 0. The summed E-state index contributed by atoms with van der Waals surface area (Å²) in [5, 5.41) is 5.49. The van der Waals surface area contributed by atoms with Gasteiger partial charge in [-0.1, -0.05) is 25.1 Å². The van der Waals surface area contributed by atoms with Crippen LogP contribution >= 0.6 is 0 Å². The van der Waals surface area contributed by atoms with E-state index in [9.17, 15) is 4.79 Å². The number of hydrogen-bond acceptors (Lipinski definition) is 3. The molecule has 0 spiro atoms. The molecule has 0 aliphatic rings. The minimum absolute atomic E-state index is 0.181. The van der Waals surface area contributed by atoms with E-state index in [0.29, 0.717) is 19.4 Å². The lowest BCUT2D eigenvalue weighted by Crippen LogP contribution is -2.08. The first kappa shape index (κ1) is 13.7. The summed E-state index contributed by atoms with van der Waals surface area (Å²) in [5.41, 5.74) is 1.92. The van der Waals surface area contributed by atoms with Crippen LogP contribution < -0.4 is 0 Å². The molecule has 1 aromatic carbocycles. The van der Waals surface area contributed by atoms with Crippen molar-refractivity contribution in [3.05, 3.63) is 30.0 Å². The zero-order chi connectivity index (χ0) is 13.7. The Bertz CT molecular complexity index is 560. The molecule has 4 heteroatoms. The molecule has 1 aromatic heterocycles. The van der Waals surface area contributed by atoms with Crippen LogP contribution in [-0.2, 0) is 23.0 Å². The second-order valence-corrected chi connectivity index (χ2v) is 4.67. The Hall–Kier alpha value is -1.68. The molecule has 2 aromatic rings. The van der Waals surface area contributed by atoms with Crippen LogP contribution in [0.4, 0.5) is 0 Å². The number of ketones is 1. The van der Waals surface area contributed by atoms with Crippen LogP contribution in [0.1, 0.15) is 25.5 Å². The number of benzene rings is 1. The van der Waals surface area contributed by atoms with Crippen molar-refractivity contribution in [3.8, 4) is 0 Å². The minimum Gasteiger partial charge on any atom is -0.381 e. The fraction of sp³-hybridized carbons (Fsp3) is 0.467. The predicted molar refractivity (Wildman–Crippen MR) is 75.2 cm³/mol. The Balaban J connectivity index is 1.99. The Labute approximate surface area is 113 Å². The van der Waals surface area contributed by atoms with Crippen LogP contribution in [0.5, 0.6) is 0 Å². The van der Waals surface area contributed by atoms with Crippen LogP contribution in [0.25, 0.3) is 10.9 Å². The van der Waals surface area contributed by atoms with Crippen LogP contribution in [0, 0.1) is 0 Å². The Kier molecular flexibility index (Phi) is 4.68. The van der Waals surface area contributed by atoms with E-state index >= 15 is 0 Å². The predicted octanol–water partition coefficient (Wildman–Crippen LogP) is 2.50. The van der Waals surface area contributed by atoms with Crippen LogP contribution in [0.3, 0.4) is 0 Å². The summed E-state index contributed by atoms with van der Waals surface area (Å²) in [7, 11) is 1.90. The van der Waals surface area contributed by atoms with Gasteiger partial charge in [-0.3, -0.25) is 9.48 Å². The first-order valence-corrected chi connectivity index (χ1v) is 6.72. The second kappa shape index (κ2) is 6.48. The molecule has 0 N–H and O–H groups in total. The van der Waals surface area contributed by atoms with Gasteiger partial charge in [0.2, 0.25) is 0 Å². The molecule has 0 bridgehead atoms. The number of para-hydroxylation sites is 1. The van der Waals surface area contributed by atoms with Crippen molar-refractivity contribution in [1.29, 1.82) is 0 Å². The molecule has 4 nitrogen and oxygen atoms in total. The van der Waals surface area contributed by atoms with Crippen molar-refractivity contribution in [2.45, 2.75) is 26.2 Å². The SMILES string of the molecule is CCCOCCC(=O)Cc1nn(C)c2ccccc12. The average molecular weight is 260 g/mol. The van der Waals surface area contributed by atoms with E-state index in [1.807, 2.05) is 36.0 Å². The number of hydrogen-bond donors (Lipinski definition) is 0. The molecule has 0 fully saturated rings. The van der Waals surface area contributed by atoms with Crippen molar-refractivity contribution < 1.29 is 9.53 Å². The first-order valence-electron chi connectivity index (χ1n) is 6.72. The number of Topliss-reactive ketones (excluding diaryl/α,β-unsaturated/α-hetero) is 1. The molecule has 102 valence electrons.